The number of hydrogen-bond acceptors (Lipinski definition) is 5. The summed E-state index contributed by atoms with van der Waals surface area (Å²) in [4.78, 5) is 30.9. The van der Waals surface area contributed by atoms with E-state index in [1.807, 2.05) is 49.6 Å². The van der Waals surface area contributed by atoms with Crippen LogP contribution in [0, 0.1) is 5.92 Å². The first-order valence-electron chi connectivity index (χ1n) is 9.89. The Morgan fingerprint density at radius 1 is 1.18 bits per heavy atom. The molecule has 152 valence electrons. The predicted molar refractivity (Wildman–Crippen MR) is 106 cm³/mol. The molecule has 28 heavy (non-hydrogen) atoms. The number of carbonyl (C=O) groups is 2. The summed E-state index contributed by atoms with van der Waals surface area (Å²) in [6.07, 6.45) is 1.45. The Hall–Kier alpha value is -2.57. The van der Waals surface area contributed by atoms with Crippen LogP contribution in [-0.2, 0) is 16.0 Å². The number of ether oxygens (including phenoxy) is 2. The largest absolute Gasteiger partial charge is 0.460 e. The van der Waals surface area contributed by atoms with E-state index in [0.717, 1.165) is 23.9 Å². The molecule has 2 aromatic rings. The zero-order valence-corrected chi connectivity index (χ0v) is 17.1. The fraction of sp³-hybridized carbons (Fsp3) is 0.571. The first-order valence-corrected chi connectivity index (χ1v) is 9.89. The molecular formula is C21H29N3O4. The van der Waals surface area contributed by atoms with Gasteiger partial charge in [-0.15, -0.1) is 0 Å². The van der Waals surface area contributed by atoms with Gasteiger partial charge >= 0.3 is 12.1 Å². The Bertz CT molecular complexity index is 845. The lowest BCUT2D eigenvalue weighted by molar-refractivity contribution is 0.0178. The molecule has 1 aliphatic heterocycles. The van der Waals surface area contributed by atoms with Crippen LogP contribution in [0.5, 0.6) is 0 Å². The molecule has 0 N–H and O–H groups in total. The van der Waals surface area contributed by atoms with Crippen LogP contribution in [0.25, 0.3) is 11.0 Å². The third-order valence-electron chi connectivity index (χ3n) is 4.82. The molecule has 2 heterocycles. The standard InChI is InChI=1S/C21H29N3O4/c1-5-27-19(25)18-22-16-8-6-7-9-17(16)24(18)14-15-10-12-23(13-11-15)20(26)28-21(2,3)4/h6-9,15H,5,10-14H2,1-4H3. The number of piperidine rings is 1. The fourth-order valence-electron chi connectivity index (χ4n) is 3.49. The summed E-state index contributed by atoms with van der Waals surface area (Å²) in [5, 5.41) is 0. The van der Waals surface area contributed by atoms with Gasteiger partial charge in [-0.25, -0.2) is 14.6 Å². The summed E-state index contributed by atoms with van der Waals surface area (Å²) in [6, 6.07) is 7.73. The minimum Gasteiger partial charge on any atom is -0.460 e. The van der Waals surface area contributed by atoms with Crippen molar-refractivity contribution in [1.82, 2.24) is 14.5 Å². The molecule has 1 amide bonds. The van der Waals surface area contributed by atoms with Crippen LogP contribution in [0.1, 0.15) is 51.2 Å². The molecule has 0 spiro atoms. The van der Waals surface area contributed by atoms with Crippen LogP contribution in [-0.4, -0.2) is 51.8 Å². The molecule has 1 aromatic heterocycles. The molecule has 1 saturated heterocycles. The molecule has 1 fully saturated rings. The number of imidazole rings is 1. The van der Waals surface area contributed by atoms with Crippen LogP contribution in [0.15, 0.2) is 24.3 Å². The van der Waals surface area contributed by atoms with Crippen LogP contribution >= 0.6 is 0 Å². The highest BCUT2D eigenvalue weighted by atomic mass is 16.6. The monoisotopic (exact) mass is 387 g/mol. The molecule has 1 aliphatic rings. The van der Waals surface area contributed by atoms with Crippen LogP contribution in [0.2, 0.25) is 0 Å². The van der Waals surface area contributed by atoms with E-state index in [-0.39, 0.29) is 6.09 Å². The maximum absolute atomic E-state index is 12.4. The summed E-state index contributed by atoms with van der Waals surface area (Å²) in [5.41, 5.74) is 1.23. The van der Waals surface area contributed by atoms with Crippen molar-refractivity contribution in [3.8, 4) is 0 Å². The maximum Gasteiger partial charge on any atom is 0.410 e. The van der Waals surface area contributed by atoms with Crippen LogP contribution in [0.4, 0.5) is 4.79 Å². The number of rotatable bonds is 4. The Balaban J connectivity index is 1.71. The minimum atomic E-state index is -0.488. The van der Waals surface area contributed by atoms with Crippen LogP contribution < -0.4 is 0 Å². The number of esters is 1. The van der Waals surface area contributed by atoms with Crippen molar-refractivity contribution in [3.63, 3.8) is 0 Å². The Kier molecular flexibility index (Phi) is 5.91. The van der Waals surface area contributed by atoms with Gasteiger partial charge in [-0.3, -0.25) is 0 Å². The van der Waals surface area contributed by atoms with E-state index in [9.17, 15) is 9.59 Å². The third kappa shape index (κ3) is 4.64. The highest BCUT2D eigenvalue weighted by molar-refractivity contribution is 5.91. The van der Waals surface area contributed by atoms with Crippen molar-refractivity contribution < 1.29 is 19.1 Å². The highest BCUT2D eigenvalue weighted by Crippen LogP contribution is 2.25. The second-order valence-corrected chi connectivity index (χ2v) is 8.17. The van der Waals surface area contributed by atoms with Gasteiger partial charge in [0, 0.05) is 19.6 Å². The number of benzene rings is 1. The second kappa shape index (κ2) is 8.20. The summed E-state index contributed by atoms with van der Waals surface area (Å²) >= 11 is 0. The number of para-hydroxylation sites is 2. The van der Waals surface area contributed by atoms with Crippen molar-refractivity contribution in [2.24, 2.45) is 5.92 Å². The van der Waals surface area contributed by atoms with Gasteiger partial charge in [0.2, 0.25) is 5.82 Å². The van der Waals surface area contributed by atoms with Gasteiger partial charge in [-0.05, 0) is 58.6 Å². The lowest BCUT2D eigenvalue weighted by Gasteiger charge is -2.33. The molecule has 0 unspecified atom stereocenters. The topological polar surface area (TPSA) is 73.7 Å². The predicted octanol–water partition coefficient (Wildman–Crippen LogP) is 3.86. The molecule has 0 radical (unpaired) electrons. The van der Waals surface area contributed by atoms with E-state index >= 15 is 0 Å². The van der Waals surface area contributed by atoms with Crippen molar-refractivity contribution in [3.05, 3.63) is 30.1 Å². The molecule has 0 bridgehead atoms. The van der Waals surface area contributed by atoms with E-state index < -0.39 is 11.6 Å². The molecule has 0 atom stereocenters. The number of hydrogen-bond donors (Lipinski definition) is 0. The Labute approximate surface area is 165 Å². The highest BCUT2D eigenvalue weighted by Gasteiger charge is 2.28. The SMILES string of the molecule is CCOC(=O)c1nc2ccccc2n1CC1CCN(C(=O)OC(C)(C)C)CC1. The van der Waals surface area contributed by atoms with Crippen molar-refractivity contribution in [2.75, 3.05) is 19.7 Å². The lowest BCUT2D eigenvalue weighted by atomic mass is 9.97. The van der Waals surface area contributed by atoms with Gasteiger partial charge in [-0.1, -0.05) is 12.1 Å². The van der Waals surface area contributed by atoms with Gasteiger partial charge in [0.15, 0.2) is 0 Å². The number of aromatic nitrogens is 2. The zero-order valence-electron chi connectivity index (χ0n) is 17.1. The van der Waals surface area contributed by atoms with Crippen molar-refractivity contribution >= 4 is 23.1 Å². The average Bonchev–Trinajstić information content (AvgIpc) is 3.00. The molecule has 7 heteroatoms. The molecule has 3 rings (SSSR count). The maximum atomic E-state index is 12.4. The van der Waals surface area contributed by atoms with Gasteiger partial charge in [-0.2, -0.15) is 0 Å². The van der Waals surface area contributed by atoms with Gasteiger partial charge in [0.1, 0.15) is 5.60 Å². The Morgan fingerprint density at radius 3 is 2.50 bits per heavy atom. The summed E-state index contributed by atoms with van der Waals surface area (Å²) < 4.78 is 12.6. The number of fused-ring (bicyclic) bond motifs is 1. The number of amides is 1. The smallest absolute Gasteiger partial charge is 0.410 e. The molecule has 1 aromatic carbocycles. The van der Waals surface area contributed by atoms with Gasteiger partial charge < -0.3 is 18.9 Å². The van der Waals surface area contributed by atoms with E-state index in [2.05, 4.69) is 4.98 Å². The van der Waals surface area contributed by atoms with Gasteiger partial charge in [0.05, 0.1) is 17.6 Å². The van der Waals surface area contributed by atoms with E-state index in [4.69, 9.17) is 9.47 Å². The first kappa shape index (κ1) is 20.2. The molecule has 7 nitrogen and oxygen atoms in total. The lowest BCUT2D eigenvalue weighted by Crippen LogP contribution is -2.42. The number of nitrogens with zero attached hydrogens (tertiary/aromatic N) is 3. The van der Waals surface area contributed by atoms with Crippen LogP contribution in [0.3, 0.4) is 0 Å². The summed E-state index contributed by atoms with van der Waals surface area (Å²) in [7, 11) is 0. The number of likely N-dealkylation sites (tertiary alicyclic amines) is 1. The normalized spacial score (nSPS) is 15.6. The zero-order chi connectivity index (χ0) is 20.3. The fourth-order valence-corrected chi connectivity index (χ4v) is 3.49. The van der Waals surface area contributed by atoms with E-state index in [1.54, 1.807) is 11.8 Å². The molecular weight excluding hydrogens is 358 g/mol. The summed E-state index contributed by atoms with van der Waals surface area (Å²) in [6.45, 7) is 9.71. The summed E-state index contributed by atoms with van der Waals surface area (Å²) in [5.74, 6) is 0.298. The van der Waals surface area contributed by atoms with Crippen molar-refractivity contribution in [1.29, 1.82) is 0 Å². The molecule has 0 aliphatic carbocycles. The van der Waals surface area contributed by atoms with Crippen molar-refractivity contribution in [2.45, 2.75) is 52.7 Å². The minimum absolute atomic E-state index is 0.258. The van der Waals surface area contributed by atoms with E-state index in [1.165, 1.54) is 0 Å². The average molecular weight is 387 g/mol. The van der Waals surface area contributed by atoms with E-state index in [0.29, 0.717) is 38.0 Å². The first-order chi connectivity index (χ1) is 13.3. The number of carbonyl (C=O) groups excluding carboxylic acids is 2. The van der Waals surface area contributed by atoms with Gasteiger partial charge in [0.25, 0.3) is 0 Å². The molecule has 0 saturated carbocycles. The second-order valence-electron chi connectivity index (χ2n) is 8.17. The Morgan fingerprint density at radius 2 is 1.86 bits per heavy atom. The third-order valence-corrected chi connectivity index (χ3v) is 4.82. The quantitative estimate of drug-likeness (QED) is 0.745.